The fourth-order valence-corrected chi connectivity index (χ4v) is 3.51. The van der Waals surface area contributed by atoms with Crippen LogP contribution in [-0.2, 0) is 35.6 Å². The number of anilines is 1. The van der Waals surface area contributed by atoms with Crippen LogP contribution in [0.1, 0.15) is 23.6 Å². The van der Waals surface area contributed by atoms with Crippen molar-refractivity contribution in [3.63, 3.8) is 0 Å². The van der Waals surface area contributed by atoms with E-state index >= 15 is 0 Å². The van der Waals surface area contributed by atoms with E-state index in [0.29, 0.717) is 18.8 Å². The molecule has 0 fully saturated rings. The average Bonchev–Trinajstić information content (AvgIpc) is 3.36. The minimum atomic E-state index is -0.155. The lowest BCUT2D eigenvalue weighted by Gasteiger charge is -2.23. The molecule has 9 nitrogen and oxygen atoms in total. The van der Waals surface area contributed by atoms with E-state index in [1.54, 1.807) is 23.1 Å². The highest BCUT2D eigenvalue weighted by atomic mass is 16.2. The van der Waals surface area contributed by atoms with Crippen LogP contribution in [0.3, 0.4) is 0 Å². The third-order valence-corrected chi connectivity index (χ3v) is 5.04. The summed E-state index contributed by atoms with van der Waals surface area (Å²) >= 11 is 0. The van der Waals surface area contributed by atoms with Gasteiger partial charge < -0.3 is 15.2 Å². The molecule has 0 saturated carbocycles. The molecule has 4 rings (SSSR count). The molecule has 1 aromatic carbocycles. The molecular weight excluding hydrogens is 370 g/mol. The van der Waals surface area contributed by atoms with Crippen LogP contribution in [0.15, 0.2) is 42.7 Å². The summed E-state index contributed by atoms with van der Waals surface area (Å²) in [6, 6.07) is 9.24. The molecule has 0 bridgehead atoms. The molecule has 0 unspecified atom stereocenters. The summed E-state index contributed by atoms with van der Waals surface area (Å²) in [7, 11) is 0. The fourth-order valence-electron chi connectivity index (χ4n) is 3.51. The van der Waals surface area contributed by atoms with Gasteiger partial charge in [-0.3, -0.25) is 14.3 Å². The number of nitrogens with zero attached hydrogens (tertiary/aromatic N) is 5. The Hall–Kier alpha value is -3.49. The van der Waals surface area contributed by atoms with Gasteiger partial charge in [0.2, 0.25) is 11.8 Å². The van der Waals surface area contributed by atoms with Crippen molar-refractivity contribution in [1.29, 1.82) is 0 Å². The summed E-state index contributed by atoms with van der Waals surface area (Å²) in [6.45, 7) is 3.08. The first-order chi connectivity index (χ1) is 14.1. The molecule has 2 N–H and O–H groups in total. The van der Waals surface area contributed by atoms with Gasteiger partial charge in [0.1, 0.15) is 18.2 Å². The van der Waals surface area contributed by atoms with E-state index in [9.17, 15) is 9.59 Å². The summed E-state index contributed by atoms with van der Waals surface area (Å²) in [5.74, 6) is 1.57. The number of nitrogens with one attached hydrogen (secondary N) is 2. The van der Waals surface area contributed by atoms with E-state index < -0.39 is 0 Å². The first-order valence-corrected chi connectivity index (χ1v) is 9.61. The maximum atomic E-state index is 12.6. The van der Waals surface area contributed by atoms with Gasteiger partial charge in [0.15, 0.2) is 0 Å². The van der Waals surface area contributed by atoms with Crippen molar-refractivity contribution in [3.8, 4) is 0 Å². The molecule has 0 spiro atoms. The van der Waals surface area contributed by atoms with Crippen LogP contribution < -0.4 is 10.6 Å². The predicted octanol–water partition coefficient (Wildman–Crippen LogP) is 1.30. The Balaban J connectivity index is 1.31. The maximum absolute atomic E-state index is 12.6. The van der Waals surface area contributed by atoms with Gasteiger partial charge in [-0.05, 0) is 37.1 Å². The molecule has 0 radical (unpaired) electrons. The van der Waals surface area contributed by atoms with Crippen LogP contribution in [0.2, 0.25) is 0 Å². The Bertz CT molecular complexity index is 1010. The van der Waals surface area contributed by atoms with E-state index in [4.69, 9.17) is 0 Å². The highest BCUT2D eigenvalue weighted by Crippen LogP contribution is 2.20. The van der Waals surface area contributed by atoms with E-state index in [-0.39, 0.29) is 24.3 Å². The lowest BCUT2D eigenvalue weighted by atomic mass is 9.98. The SMILES string of the molecule is Cc1nnc2n1C[C@@H](C(=O)NCc1cccc(NC(=O)Cn3cccn3)c1)CC2. The van der Waals surface area contributed by atoms with Crippen molar-refractivity contribution < 1.29 is 9.59 Å². The number of hydrogen-bond donors (Lipinski definition) is 2. The van der Waals surface area contributed by atoms with Crippen LogP contribution in [-0.4, -0.2) is 36.4 Å². The highest BCUT2D eigenvalue weighted by Gasteiger charge is 2.26. The number of amides is 2. The van der Waals surface area contributed by atoms with E-state index in [1.165, 1.54) is 0 Å². The lowest BCUT2D eigenvalue weighted by molar-refractivity contribution is -0.126. The highest BCUT2D eigenvalue weighted by molar-refractivity contribution is 5.90. The minimum absolute atomic E-state index is 0.0249. The van der Waals surface area contributed by atoms with E-state index in [1.807, 2.05) is 35.8 Å². The largest absolute Gasteiger partial charge is 0.352 e. The van der Waals surface area contributed by atoms with Crippen molar-refractivity contribution >= 4 is 17.5 Å². The Morgan fingerprint density at radius 2 is 2.14 bits per heavy atom. The number of aromatic nitrogens is 5. The molecule has 1 atom stereocenters. The first-order valence-electron chi connectivity index (χ1n) is 9.61. The summed E-state index contributed by atoms with van der Waals surface area (Å²) in [6.07, 6.45) is 4.90. The predicted molar refractivity (Wildman–Crippen MR) is 106 cm³/mol. The van der Waals surface area contributed by atoms with Gasteiger partial charge >= 0.3 is 0 Å². The second-order valence-electron chi connectivity index (χ2n) is 7.18. The van der Waals surface area contributed by atoms with Crippen molar-refractivity contribution in [3.05, 3.63) is 59.9 Å². The van der Waals surface area contributed by atoms with Gasteiger partial charge in [-0.2, -0.15) is 5.10 Å². The molecule has 2 amide bonds. The van der Waals surface area contributed by atoms with E-state index in [0.717, 1.165) is 30.1 Å². The van der Waals surface area contributed by atoms with Crippen molar-refractivity contribution in [1.82, 2.24) is 29.9 Å². The van der Waals surface area contributed by atoms with Crippen molar-refractivity contribution in [2.24, 2.45) is 5.92 Å². The normalized spacial score (nSPS) is 15.6. The number of rotatable bonds is 6. The molecule has 29 heavy (non-hydrogen) atoms. The molecule has 1 aliphatic rings. The van der Waals surface area contributed by atoms with Gasteiger partial charge in [-0.15, -0.1) is 10.2 Å². The standard InChI is InChI=1S/C20H23N7O2/c1-14-24-25-18-7-6-16(12-27(14)18)20(29)21-11-15-4-2-5-17(10-15)23-19(28)13-26-9-3-8-22-26/h2-5,8-10,16H,6-7,11-13H2,1H3,(H,21,29)(H,23,28)/t16-/m0/s1. The topological polar surface area (TPSA) is 107 Å². The van der Waals surface area contributed by atoms with Crippen LogP contribution in [0.4, 0.5) is 5.69 Å². The van der Waals surface area contributed by atoms with Crippen molar-refractivity contribution in [2.75, 3.05) is 5.32 Å². The molecule has 1 aliphatic heterocycles. The van der Waals surface area contributed by atoms with Gasteiger partial charge in [0.25, 0.3) is 0 Å². The molecule has 3 heterocycles. The molecule has 0 aliphatic carbocycles. The third-order valence-electron chi connectivity index (χ3n) is 5.04. The number of hydrogen-bond acceptors (Lipinski definition) is 5. The zero-order valence-electron chi connectivity index (χ0n) is 16.2. The first kappa shape index (κ1) is 18.9. The molecule has 3 aromatic rings. The zero-order chi connectivity index (χ0) is 20.2. The second kappa shape index (κ2) is 8.26. The lowest BCUT2D eigenvalue weighted by Crippen LogP contribution is -2.36. The number of fused-ring (bicyclic) bond motifs is 1. The molecule has 2 aromatic heterocycles. The second-order valence-corrected chi connectivity index (χ2v) is 7.18. The van der Waals surface area contributed by atoms with Crippen LogP contribution in [0, 0.1) is 12.8 Å². The zero-order valence-corrected chi connectivity index (χ0v) is 16.2. The van der Waals surface area contributed by atoms with Crippen LogP contribution in [0.25, 0.3) is 0 Å². The molecular formula is C20H23N7O2. The molecule has 150 valence electrons. The summed E-state index contributed by atoms with van der Waals surface area (Å²) in [5, 5.41) is 18.1. The number of carbonyl (C=O) groups excluding carboxylic acids is 2. The monoisotopic (exact) mass is 393 g/mol. The summed E-state index contributed by atoms with van der Waals surface area (Å²) < 4.78 is 3.58. The maximum Gasteiger partial charge on any atom is 0.246 e. The number of benzene rings is 1. The third kappa shape index (κ3) is 4.50. The van der Waals surface area contributed by atoms with Crippen molar-refractivity contribution in [2.45, 2.75) is 39.4 Å². The van der Waals surface area contributed by atoms with Crippen LogP contribution in [0.5, 0.6) is 0 Å². The Morgan fingerprint density at radius 3 is 2.97 bits per heavy atom. The van der Waals surface area contributed by atoms with Gasteiger partial charge in [-0.25, -0.2) is 0 Å². The Labute approximate surface area is 168 Å². The van der Waals surface area contributed by atoms with E-state index in [2.05, 4.69) is 25.9 Å². The Morgan fingerprint density at radius 1 is 1.24 bits per heavy atom. The van der Waals surface area contributed by atoms with Crippen LogP contribution >= 0.6 is 0 Å². The molecule has 0 saturated heterocycles. The number of carbonyl (C=O) groups is 2. The molecule has 9 heteroatoms. The quantitative estimate of drug-likeness (QED) is 0.657. The van der Waals surface area contributed by atoms with Gasteiger partial charge in [0.05, 0.1) is 5.92 Å². The average molecular weight is 393 g/mol. The number of aryl methyl sites for hydroxylation is 2. The summed E-state index contributed by atoms with van der Waals surface area (Å²) in [5.41, 5.74) is 1.61. The minimum Gasteiger partial charge on any atom is -0.352 e. The van der Waals surface area contributed by atoms with Gasteiger partial charge in [-0.1, -0.05) is 12.1 Å². The smallest absolute Gasteiger partial charge is 0.246 e. The van der Waals surface area contributed by atoms with Gasteiger partial charge in [0, 0.05) is 37.6 Å². The summed E-state index contributed by atoms with van der Waals surface area (Å²) in [4.78, 5) is 24.7. The fraction of sp³-hybridized carbons (Fsp3) is 0.350. The Kier molecular flexibility index (Phi) is 5.37.